The largest absolute Gasteiger partial charge is 0.534 e. The summed E-state index contributed by atoms with van der Waals surface area (Å²) in [7, 11) is -3.99. The van der Waals surface area contributed by atoms with Crippen molar-refractivity contribution in [3.63, 3.8) is 0 Å². The van der Waals surface area contributed by atoms with E-state index in [-0.39, 0.29) is 17.8 Å². The van der Waals surface area contributed by atoms with Gasteiger partial charge in [-0.05, 0) is 62.5 Å². The third-order valence-corrected chi connectivity index (χ3v) is 11.0. The van der Waals surface area contributed by atoms with E-state index in [0.717, 1.165) is 16.7 Å². The fourth-order valence-electron chi connectivity index (χ4n) is 7.72. The predicted molar refractivity (Wildman–Crippen MR) is 160 cm³/mol. The van der Waals surface area contributed by atoms with Crippen LogP contribution in [0.2, 0.25) is 0 Å². The van der Waals surface area contributed by atoms with Crippen LogP contribution < -0.4 is 8.92 Å². The molecule has 1 fully saturated rings. The highest BCUT2D eigenvalue weighted by molar-refractivity contribution is 7.88. The minimum absolute atomic E-state index is 0.0369. The number of ether oxygens (including phenoxy) is 1. The molecule has 3 aromatic rings. The van der Waals surface area contributed by atoms with Crippen LogP contribution in [0, 0.1) is 0 Å². The molecule has 1 heterocycles. The minimum Gasteiger partial charge on any atom is -0.483 e. The van der Waals surface area contributed by atoms with Gasteiger partial charge in [0.15, 0.2) is 11.5 Å². The Morgan fingerprint density at radius 3 is 2.14 bits per heavy atom. The van der Waals surface area contributed by atoms with Crippen LogP contribution in [0.25, 0.3) is 0 Å². The zero-order valence-corrected chi connectivity index (χ0v) is 25.7. The molecule has 0 bridgehead atoms. The summed E-state index contributed by atoms with van der Waals surface area (Å²) in [5, 5.41) is 12.7. The standard InChI is InChI=1S/C33H37F3N2O5S/c1-4-37(3)27-19-24-15-16-26(43-44(40,41)33(34,35)36)29-28(24)31(2)30(42-29)25(17-18-32(27,31)39)38(20-22-11-7-5-8-12-22)21-23-13-9-6-10-14-23/h5-16,25,27,30,39H,4,17-21H2,1-3H3/t25-,27-,30?,31+,32-/m1/s1. The van der Waals surface area contributed by atoms with E-state index >= 15 is 0 Å². The van der Waals surface area contributed by atoms with Crippen LogP contribution in [0.15, 0.2) is 72.8 Å². The molecule has 44 heavy (non-hydrogen) atoms. The van der Waals surface area contributed by atoms with Gasteiger partial charge in [0.25, 0.3) is 0 Å². The molecule has 1 aliphatic heterocycles. The Balaban J connectivity index is 1.49. The first kappa shape index (κ1) is 30.9. The number of benzene rings is 3. The normalized spacial score (nSPS) is 27.7. The lowest BCUT2D eigenvalue weighted by molar-refractivity contribution is -0.167. The molecule has 11 heteroatoms. The summed E-state index contributed by atoms with van der Waals surface area (Å²) < 4.78 is 75.8. The van der Waals surface area contributed by atoms with Crippen LogP contribution in [0.1, 0.15) is 48.9 Å². The second-order valence-corrected chi connectivity index (χ2v) is 13.9. The van der Waals surface area contributed by atoms with Gasteiger partial charge in [0.2, 0.25) is 0 Å². The quantitative estimate of drug-likeness (QED) is 0.250. The predicted octanol–water partition coefficient (Wildman–Crippen LogP) is 5.41. The number of hydrogen-bond acceptors (Lipinski definition) is 7. The number of aliphatic hydroxyl groups is 1. The van der Waals surface area contributed by atoms with Crippen molar-refractivity contribution in [2.24, 2.45) is 0 Å². The molecule has 6 rings (SSSR count). The average molecular weight is 631 g/mol. The lowest BCUT2D eigenvalue weighted by Gasteiger charge is -2.60. The highest BCUT2D eigenvalue weighted by Gasteiger charge is 2.69. The maximum atomic E-state index is 13.4. The van der Waals surface area contributed by atoms with Crippen LogP contribution in [0.3, 0.4) is 0 Å². The van der Waals surface area contributed by atoms with Crippen molar-refractivity contribution in [3.05, 3.63) is 95.1 Å². The molecular formula is C33H37F3N2O5S. The number of alkyl halides is 3. The van der Waals surface area contributed by atoms with E-state index in [9.17, 15) is 26.7 Å². The molecule has 236 valence electrons. The zero-order valence-electron chi connectivity index (χ0n) is 24.9. The summed E-state index contributed by atoms with van der Waals surface area (Å²) in [6.07, 6.45) is 0.719. The summed E-state index contributed by atoms with van der Waals surface area (Å²) in [6, 6.07) is 22.3. The first-order valence-electron chi connectivity index (χ1n) is 14.9. The van der Waals surface area contributed by atoms with Gasteiger partial charge in [0, 0.05) is 30.7 Å². The van der Waals surface area contributed by atoms with Gasteiger partial charge < -0.3 is 18.9 Å². The molecule has 0 amide bonds. The summed E-state index contributed by atoms with van der Waals surface area (Å²) in [5.41, 5.74) is -4.48. The van der Waals surface area contributed by atoms with Crippen molar-refractivity contribution in [1.29, 1.82) is 0 Å². The van der Waals surface area contributed by atoms with Gasteiger partial charge in [-0.3, -0.25) is 4.90 Å². The Morgan fingerprint density at radius 1 is 1.00 bits per heavy atom. The number of halogens is 3. The summed E-state index contributed by atoms with van der Waals surface area (Å²) in [5.74, 6) is -0.553. The number of hydrogen-bond donors (Lipinski definition) is 1. The van der Waals surface area contributed by atoms with E-state index in [1.165, 1.54) is 6.07 Å². The van der Waals surface area contributed by atoms with Crippen molar-refractivity contribution in [2.75, 3.05) is 13.6 Å². The van der Waals surface area contributed by atoms with Crippen molar-refractivity contribution in [1.82, 2.24) is 9.80 Å². The fourth-order valence-corrected chi connectivity index (χ4v) is 8.18. The molecule has 3 aliphatic rings. The van der Waals surface area contributed by atoms with Crippen molar-refractivity contribution in [2.45, 2.75) is 80.9 Å². The lowest BCUT2D eigenvalue weighted by Crippen LogP contribution is -2.73. The number of likely N-dealkylation sites (N-methyl/N-ethyl adjacent to an activating group) is 1. The van der Waals surface area contributed by atoms with Gasteiger partial charge in [0.1, 0.15) is 6.10 Å². The van der Waals surface area contributed by atoms with Gasteiger partial charge in [-0.25, -0.2) is 0 Å². The third kappa shape index (κ3) is 4.88. The summed E-state index contributed by atoms with van der Waals surface area (Å²) in [6.45, 7) is 5.75. The molecule has 0 spiro atoms. The first-order chi connectivity index (χ1) is 20.8. The van der Waals surface area contributed by atoms with Crippen LogP contribution in [-0.2, 0) is 35.0 Å². The second-order valence-electron chi connectivity index (χ2n) is 12.4. The van der Waals surface area contributed by atoms with Crippen molar-refractivity contribution >= 4 is 10.1 Å². The molecule has 1 unspecified atom stereocenters. The first-order valence-corrected chi connectivity index (χ1v) is 16.3. The van der Waals surface area contributed by atoms with Crippen molar-refractivity contribution < 1.29 is 35.6 Å². The van der Waals surface area contributed by atoms with Crippen LogP contribution in [0.4, 0.5) is 13.2 Å². The maximum absolute atomic E-state index is 13.4. The molecule has 2 aliphatic carbocycles. The molecular weight excluding hydrogens is 593 g/mol. The summed E-state index contributed by atoms with van der Waals surface area (Å²) in [4.78, 5) is 4.40. The Kier molecular flexibility index (Phi) is 7.75. The van der Waals surface area contributed by atoms with Crippen LogP contribution in [0.5, 0.6) is 11.5 Å². The Hall–Kier alpha value is -3.12. The summed E-state index contributed by atoms with van der Waals surface area (Å²) >= 11 is 0. The zero-order chi connectivity index (χ0) is 31.5. The Morgan fingerprint density at radius 2 is 1.59 bits per heavy atom. The van der Waals surface area contributed by atoms with Gasteiger partial charge in [-0.2, -0.15) is 21.6 Å². The molecule has 1 N–H and O–H groups in total. The van der Waals surface area contributed by atoms with Crippen LogP contribution >= 0.6 is 0 Å². The van der Waals surface area contributed by atoms with Crippen LogP contribution in [-0.4, -0.2) is 66.2 Å². The lowest BCUT2D eigenvalue weighted by atomic mass is 9.52. The van der Waals surface area contributed by atoms with E-state index in [2.05, 4.69) is 9.80 Å². The Labute approximate surface area is 256 Å². The SMILES string of the molecule is CCN(C)[C@@H]1Cc2ccc(OS(=O)(=O)C(F)(F)F)c3c2[C@@]2(C)C(O3)[C@H](N(Cc3ccccc3)Cc3ccccc3)CC[C@@]12O. The average Bonchev–Trinajstić information content (AvgIpc) is 3.32. The Bertz CT molecular complexity index is 1580. The molecule has 0 aromatic heterocycles. The molecule has 0 radical (unpaired) electrons. The van der Waals surface area contributed by atoms with Gasteiger partial charge in [-0.1, -0.05) is 73.7 Å². The monoisotopic (exact) mass is 630 g/mol. The van der Waals surface area contributed by atoms with Gasteiger partial charge >= 0.3 is 15.6 Å². The topological polar surface area (TPSA) is 79.3 Å². The second kappa shape index (κ2) is 11.0. The fraction of sp³-hybridized carbons (Fsp3) is 0.455. The molecule has 0 saturated heterocycles. The van der Waals surface area contributed by atoms with E-state index in [4.69, 9.17) is 8.92 Å². The van der Waals surface area contributed by atoms with E-state index < -0.39 is 38.5 Å². The van der Waals surface area contributed by atoms with E-state index in [1.54, 1.807) is 6.07 Å². The smallest absolute Gasteiger partial charge is 0.483 e. The van der Waals surface area contributed by atoms with E-state index in [1.807, 2.05) is 81.6 Å². The van der Waals surface area contributed by atoms with Crippen molar-refractivity contribution in [3.8, 4) is 11.5 Å². The highest BCUT2D eigenvalue weighted by atomic mass is 32.2. The minimum atomic E-state index is -5.95. The number of nitrogens with zero attached hydrogens (tertiary/aromatic N) is 2. The molecule has 7 nitrogen and oxygen atoms in total. The molecule has 1 saturated carbocycles. The molecule has 3 aromatic carbocycles. The third-order valence-electron chi connectivity index (χ3n) is 10.0. The van der Waals surface area contributed by atoms with Gasteiger partial charge in [0.05, 0.1) is 11.0 Å². The maximum Gasteiger partial charge on any atom is 0.534 e. The van der Waals surface area contributed by atoms with E-state index in [0.29, 0.717) is 44.5 Å². The highest BCUT2D eigenvalue weighted by Crippen LogP contribution is 2.63. The molecule has 5 atom stereocenters. The number of rotatable bonds is 9. The van der Waals surface area contributed by atoms with Gasteiger partial charge in [-0.15, -0.1) is 0 Å².